The highest BCUT2D eigenvalue weighted by atomic mass is 16.5. The number of amides is 1. The molecule has 0 saturated heterocycles. The molecule has 3 N–H and O–H groups in total. The standard InChI is InChI=1S/C19H22N2O4/c1-11-5-6-15(7-12(11)2)25-10-18(23)21-20-9-16-13(3)8-17(22)14(4)19(16)24/h5-9,22,24H,10H2,1-4H3,(H,21,23). The Labute approximate surface area is 146 Å². The summed E-state index contributed by atoms with van der Waals surface area (Å²) in [5.74, 6) is 0.145. The lowest BCUT2D eigenvalue weighted by molar-refractivity contribution is -0.123. The van der Waals surface area contributed by atoms with Crippen molar-refractivity contribution in [2.45, 2.75) is 27.7 Å². The molecule has 25 heavy (non-hydrogen) atoms. The number of phenolic OH excluding ortho intramolecular Hbond substituents is 2. The first-order valence-corrected chi connectivity index (χ1v) is 7.83. The molecule has 0 unspecified atom stereocenters. The fourth-order valence-corrected chi connectivity index (χ4v) is 2.22. The van der Waals surface area contributed by atoms with E-state index in [2.05, 4.69) is 10.5 Å². The number of benzene rings is 2. The van der Waals surface area contributed by atoms with Gasteiger partial charge in [-0.25, -0.2) is 5.43 Å². The molecule has 0 fully saturated rings. The lowest BCUT2D eigenvalue weighted by Gasteiger charge is -2.09. The number of nitrogens with zero attached hydrogens (tertiary/aromatic N) is 1. The van der Waals surface area contributed by atoms with Crippen molar-refractivity contribution in [3.8, 4) is 17.2 Å². The zero-order valence-corrected chi connectivity index (χ0v) is 14.8. The van der Waals surface area contributed by atoms with Crippen LogP contribution in [0, 0.1) is 27.7 Å². The average Bonchev–Trinajstić information content (AvgIpc) is 2.57. The predicted molar refractivity (Wildman–Crippen MR) is 96.4 cm³/mol. The van der Waals surface area contributed by atoms with Gasteiger partial charge < -0.3 is 14.9 Å². The first-order valence-electron chi connectivity index (χ1n) is 7.83. The first-order chi connectivity index (χ1) is 11.8. The molecule has 0 saturated carbocycles. The minimum Gasteiger partial charge on any atom is -0.508 e. The predicted octanol–water partition coefficient (Wildman–Crippen LogP) is 2.86. The van der Waals surface area contributed by atoms with E-state index in [0.29, 0.717) is 22.4 Å². The summed E-state index contributed by atoms with van der Waals surface area (Å²) in [5.41, 5.74) is 6.03. The molecule has 0 spiro atoms. The number of rotatable bonds is 5. The molecule has 0 aliphatic heterocycles. The summed E-state index contributed by atoms with van der Waals surface area (Å²) in [4.78, 5) is 11.8. The van der Waals surface area contributed by atoms with E-state index >= 15 is 0 Å². The Kier molecular flexibility index (Phi) is 5.64. The summed E-state index contributed by atoms with van der Waals surface area (Å²) in [6, 6.07) is 7.13. The number of carbonyl (C=O) groups is 1. The summed E-state index contributed by atoms with van der Waals surface area (Å²) >= 11 is 0. The van der Waals surface area contributed by atoms with E-state index < -0.39 is 5.91 Å². The molecule has 6 nitrogen and oxygen atoms in total. The summed E-state index contributed by atoms with van der Waals surface area (Å²) in [5, 5.41) is 23.5. The fraction of sp³-hybridized carbons (Fsp3) is 0.263. The minimum absolute atomic E-state index is 0.0120. The number of hydrogen-bond donors (Lipinski definition) is 3. The minimum atomic E-state index is -0.415. The van der Waals surface area contributed by atoms with Gasteiger partial charge in [0.2, 0.25) is 0 Å². The largest absolute Gasteiger partial charge is 0.508 e. The molecule has 0 aliphatic rings. The van der Waals surface area contributed by atoms with Crippen LogP contribution in [-0.4, -0.2) is 28.9 Å². The number of carbonyl (C=O) groups excluding carboxylic acids is 1. The number of aromatic hydroxyl groups is 2. The maximum Gasteiger partial charge on any atom is 0.277 e. The van der Waals surface area contributed by atoms with Crippen LogP contribution in [0.2, 0.25) is 0 Å². The Hall–Kier alpha value is -3.02. The summed E-state index contributed by atoms with van der Waals surface area (Å²) in [6.45, 7) is 7.13. The molecule has 6 heteroatoms. The number of hydrogen-bond acceptors (Lipinski definition) is 5. The van der Waals surface area contributed by atoms with Crippen molar-refractivity contribution >= 4 is 12.1 Å². The van der Waals surface area contributed by atoms with E-state index in [-0.39, 0.29) is 18.1 Å². The second-order valence-electron chi connectivity index (χ2n) is 5.93. The van der Waals surface area contributed by atoms with E-state index in [1.54, 1.807) is 19.9 Å². The fourth-order valence-electron chi connectivity index (χ4n) is 2.22. The van der Waals surface area contributed by atoms with Crippen LogP contribution in [0.15, 0.2) is 29.4 Å². The van der Waals surface area contributed by atoms with Crippen LogP contribution in [0.25, 0.3) is 0 Å². The molecule has 1 amide bonds. The molecular formula is C19H22N2O4. The smallest absolute Gasteiger partial charge is 0.277 e. The van der Waals surface area contributed by atoms with Crippen molar-refractivity contribution in [1.82, 2.24) is 5.43 Å². The van der Waals surface area contributed by atoms with Crippen molar-refractivity contribution in [1.29, 1.82) is 0 Å². The van der Waals surface area contributed by atoms with Crippen LogP contribution < -0.4 is 10.2 Å². The summed E-state index contributed by atoms with van der Waals surface area (Å²) in [6.07, 6.45) is 1.34. The molecule has 2 rings (SSSR count). The Morgan fingerprint density at radius 3 is 2.52 bits per heavy atom. The lowest BCUT2D eigenvalue weighted by Crippen LogP contribution is -2.24. The summed E-state index contributed by atoms with van der Waals surface area (Å²) < 4.78 is 5.42. The third-order valence-electron chi connectivity index (χ3n) is 4.00. The SMILES string of the molecule is Cc1ccc(OCC(=O)NN=Cc2c(C)cc(O)c(C)c2O)cc1C. The van der Waals surface area contributed by atoms with E-state index in [1.807, 2.05) is 26.0 Å². The topological polar surface area (TPSA) is 91.2 Å². The van der Waals surface area contributed by atoms with E-state index in [4.69, 9.17) is 4.74 Å². The second-order valence-corrected chi connectivity index (χ2v) is 5.93. The third kappa shape index (κ3) is 4.50. The van der Waals surface area contributed by atoms with Crippen molar-refractivity contribution in [2.24, 2.45) is 5.10 Å². The quantitative estimate of drug-likeness (QED) is 0.575. The van der Waals surface area contributed by atoms with Gasteiger partial charge >= 0.3 is 0 Å². The van der Waals surface area contributed by atoms with Gasteiger partial charge in [-0.05, 0) is 62.6 Å². The molecule has 2 aromatic carbocycles. The van der Waals surface area contributed by atoms with E-state index in [1.165, 1.54) is 12.3 Å². The number of hydrazone groups is 1. The number of nitrogens with one attached hydrogen (secondary N) is 1. The zero-order chi connectivity index (χ0) is 18.6. The maximum absolute atomic E-state index is 11.8. The molecule has 0 atom stereocenters. The van der Waals surface area contributed by atoms with Gasteiger partial charge in [0.05, 0.1) is 6.21 Å². The molecular weight excluding hydrogens is 320 g/mol. The Balaban J connectivity index is 1.95. The van der Waals surface area contributed by atoms with Gasteiger partial charge in [0.1, 0.15) is 17.2 Å². The summed E-state index contributed by atoms with van der Waals surface area (Å²) in [7, 11) is 0. The van der Waals surface area contributed by atoms with Crippen molar-refractivity contribution in [3.63, 3.8) is 0 Å². The van der Waals surface area contributed by atoms with Crippen LogP contribution in [0.1, 0.15) is 27.8 Å². The zero-order valence-electron chi connectivity index (χ0n) is 14.8. The van der Waals surface area contributed by atoms with Crippen LogP contribution in [0.5, 0.6) is 17.2 Å². The highest BCUT2D eigenvalue weighted by Gasteiger charge is 2.10. The number of ether oxygens (including phenoxy) is 1. The van der Waals surface area contributed by atoms with Gasteiger partial charge in [-0.1, -0.05) is 6.07 Å². The Bertz CT molecular complexity index is 829. The van der Waals surface area contributed by atoms with Gasteiger partial charge in [-0.3, -0.25) is 4.79 Å². The molecule has 0 bridgehead atoms. The number of aryl methyl sites for hydroxylation is 3. The van der Waals surface area contributed by atoms with Crippen LogP contribution in [0.3, 0.4) is 0 Å². The van der Waals surface area contributed by atoms with E-state index in [9.17, 15) is 15.0 Å². The van der Waals surface area contributed by atoms with Gasteiger partial charge in [-0.15, -0.1) is 0 Å². The average molecular weight is 342 g/mol. The van der Waals surface area contributed by atoms with Crippen molar-refractivity contribution in [3.05, 3.63) is 52.1 Å². The maximum atomic E-state index is 11.8. The van der Waals surface area contributed by atoms with Gasteiger partial charge in [0.25, 0.3) is 5.91 Å². The van der Waals surface area contributed by atoms with E-state index in [0.717, 1.165) is 11.1 Å². The molecule has 0 aromatic heterocycles. The van der Waals surface area contributed by atoms with Gasteiger partial charge in [0, 0.05) is 11.1 Å². The Morgan fingerprint density at radius 1 is 1.12 bits per heavy atom. The highest BCUT2D eigenvalue weighted by molar-refractivity contribution is 5.88. The Morgan fingerprint density at radius 2 is 1.84 bits per heavy atom. The van der Waals surface area contributed by atoms with Crippen LogP contribution in [0.4, 0.5) is 0 Å². The molecule has 132 valence electrons. The monoisotopic (exact) mass is 342 g/mol. The van der Waals surface area contributed by atoms with Gasteiger partial charge in [-0.2, -0.15) is 5.10 Å². The molecule has 0 aliphatic carbocycles. The van der Waals surface area contributed by atoms with Crippen LogP contribution >= 0.6 is 0 Å². The lowest BCUT2D eigenvalue weighted by atomic mass is 10.0. The van der Waals surface area contributed by atoms with Gasteiger partial charge in [0.15, 0.2) is 6.61 Å². The molecule has 0 radical (unpaired) electrons. The molecule has 0 heterocycles. The molecule has 2 aromatic rings. The van der Waals surface area contributed by atoms with Crippen molar-refractivity contribution < 1.29 is 19.7 Å². The van der Waals surface area contributed by atoms with Crippen molar-refractivity contribution in [2.75, 3.05) is 6.61 Å². The third-order valence-corrected chi connectivity index (χ3v) is 4.00. The van der Waals surface area contributed by atoms with Crippen LogP contribution in [-0.2, 0) is 4.79 Å². The first kappa shape index (κ1) is 18.3. The highest BCUT2D eigenvalue weighted by Crippen LogP contribution is 2.31. The number of phenols is 2. The normalized spacial score (nSPS) is 10.9. The second kappa shape index (κ2) is 7.70.